The minimum absolute atomic E-state index is 0.784. The highest BCUT2D eigenvalue weighted by Gasteiger charge is 2.18. The van der Waals surface area contributed by atoms with Crippen LogP contribution in [0.3, 0.4) is 0 Å². The number of aliphatic imine (C=N–C) groups is 1. The van der Waals surface area contributed by atoms with Crippen molar-refractivity contribution in [3.63, 3.8) is 0 Å². The first-order chi connectivity index (χ1) is 12.1. The van der Waals surface area contributed by atoms with Crippen molar-refractivity contribution in [2.24, 2.45) is 4.99 Å². The summed E-state index contributed by atoms with van der Waals surface area (Å²) < 4.78 is 7.44. The monoisotopic (exact) mass is 334 g/mol. The first-order valence-corrected chi connectivity index (χ1v) is 8.22. The smallest absolute Gasteiger partial charge is 0.169 e. The molecule has 0 saturated heterocycles. The molecule has 0 aliphatic heterocycles. The Hall–Kier alpha value is -2.95. The Morgan fingerprint density at radius 3 is 2.56 bits per heavy atom. The average molecular weight is 334 g/mol. The Kier molecular flexibility index (Phi) is 4.65. The molecule has 0 fully saturated rings. The summed E-state index contributed by atoms with van der Waals surface area (Å²) in [6, 6.07) is 12.1. The highest BCUT2D eigenvalue weighted by Crippen LogP contribution is 2.33. The minimum atomic E-state index is 0.784. The van der Waals surface area contributed by atoms with Gasteiger partial charge in [-0.15, -0.1) is 10.2 Å². The van der Waals surface area contributed by atoms with Crippen molar-refractivity contribution in [1.29, 1.82) is 0 Å². The molecule has 0 bridgehead atoms. The molecule has 0 atom stereocenters. The number of aryl methyl sites for hydroxylation is 3. The van der Waals surface area contributed by atoms with Crippen LogP contribution in [0.4, 0.5) is 5.69 Å². The van der Waals surface area contributed by atoms with E-state index in [1.807, 2.05) is 50.4 Å². The van der Waals surface area contributed by atoms with Gasteiger partial charge in [-0.1, -0.05) is 18.2 Å². The Morgan fingerprint density at radius 2 is 1.84 bits per heavy atom. The van der Waals surface area contributed by atoms with Crippen LogP contribution < -0.4 is 4.74 Å². The van der Waals surface area contributed by atoms with Gasteiger partial charge in [0.05, 0.1) is 18.5 Å². The molecule has 25 heavy (non-hydrogen) atoms. The van der Waals surface area contributed by atoms with Gasteiger partial charge in [0, 0.05) is 11.8 Å². The van der Waals surface area contributed by atoms with Crippen LogP contribution in [0.5, 0.6) is 5.75 Å². The van der Waals surface area contributed by atoms with Gasteiger partial charge in [0.2, 0.25) is 0 Å². The summed E-state index contributed by atoms with van der Waals surface area (Å²) in [5.74, 6) is 2.39. The van der Waals surface area contributed by atoms with E-state index in [4.69, 9.17) is 4.74 Å². The Bertz CT molecular complexity index is 941. The van der Waals surface area contributed by atoms with Crippen LogP contribution in [0.25, 0.3) is 17.1 Å². The highest BCUT2D eigenvalue weighted by atomic mass is 16.5. The molecule has 0 amide bonds. The summed E-state index contributed by atoms with van der Waals surface area (Å²) in [4.78, 5) is 4.57. The first kappa shape index (κ1) is 16.9. The number of aromatic nitrogens is 3. The number of benzene rings is 2. The molecule has 0 aliphatic carbocycles. The van der Waals surface area contributed by atoms with Crippen LogP contribution in [-0.4, -0.2) is 28.1 Å². The van der Waals surface area contributed by atoms with Crippen LogP contribution in [0.1, 0.15) is 23.9 Å². The Balaban J connectivity index is 2.29. The third kappa shape index (κ3) is 3.05. The highest BCUT2D eigenvalue weighted by molar-refractivity contribution is 5.73. The summed E-state index contributed by atoms with van der Waals surface area (Å²) in [6.07, 6.45) is 1.81. The van der Waals surface area contributed by atoms with Crippen molar-refractivity contribution in [3.8, 4) is 22.8 Å². The maximum Gasteiger partial charge on any atom is 0.169 e. The molecule has 5 heteroatoms. The van der Waals surface area contributed by atoms with Gasteiger partial charge in [0.15, 0.2) is 5.82 Å². The third-order valence-corrected chi connectivity index (χ3v) is 4.23. The topological polar surface area (TPSA) is 52.3 Å². The van der Waals surface area contributed by atoms with E-state index in [0.717, 1.165) is 45.5 Å². The van der Waals surface area contributed by atoms with Crippen molar-refractivity contribution < 1.29 is 4.74 Å². The van der Waals surface area contributed by atoms with E-state index in [-0.39, 0.29) is 0 Å². The van der Waals surface area contributed by atoms with E-state index in [1.54, 1.807) is 7.11 Å². The van der Waals surface area contributed by atoms with Gasteiger partial charge in [-0.2, -0.15) is 0 Å². The molecule has 0 spiro atoms. The lowest BCUT2D eigenvalue weighted by Crippen LogP contribution is -2.02. The van der Waals surface area contributed by atoms with Gasteiger partial charge in [0.1, 0.15) is 11.6 Å². The van der Waals surface area contributed by atoms with Crippen LogP contribution >= 0.6 is 0 Å². The van der Waals surface area contributed by atoms with E-state index in [2.05, 4.69) is 39.7 Å². The molecule has 1 heterocycles. The molecule has 0 saturated carbocycles. The van der Waals surface area contributed by atoms with Gasteiger partial charge >= 0.3 is 0 Å². The molecule has 3 aromatic rings. The van der Waals surface area contributed by atoms with Crippen molar-refractivity contribution in [2.45, 2.75) is 27.7 Å². The zero-order valence-corrected chi connectivity index (χ0v) is 15.2. The fraction of sp³-hybridized carbons (Fsp3) is 0.250. The maximum absolute atomic E-state index is 5.38. The Morgan fingerprint density at radius 1 is 1.04 bits per heavy atom. The number of ether oxygens (including phenoxy) is 1. The van der Waals surface area contributed by atoms with Crippen molar-refractivity contribution in [2.75, 3.05) is 7.11 Å². The second-order valence-electron chi connectivity index (χ2n) is 5.92. The molecule has 0 radical (unpaired) electrons. The standard InChI is InChI=1S/C20H22N4O/c1-6-21-19-14(3)8-7-9-18(19)24-15(4)22-23-20(24)17-12-16(25-5)11-10-13(17)2/h6-12H,1-5H3. The number of rotatable bonds is 4. The third-order valence-electron chi connectivity index (χ3n) is 4.23. The molecule has 0 N–H and O–H groups in total. The fourth-order valence-corrected chi connectivity index (χ4v) is 2.92. The largest absolute Gasteiger partial charge is 0.497 e. The van der Waals surface area contributed by atoms with E-state index < -0.39 is 0 Å². The lowest BCUT2D eigenvalue weighted by molar-refractivity contribution is 0.415. The summed E-state index contributed by atoms with van der Waals surface area (Å²) in [7, 11) is 1.67. The molecule has 5 nitrogen and oxygen atoms in total. The first-order valence-electron chi connectivity index (χ1n) is 8.22. The Labute approximate surface area is 148 Å². The average Bonchev–Trinajstić information content (AvgIpc) is 2.98. The number of methoxy groups -OCH3 is 1. The predicted octanol–water partition coefficient (Wildman–Crippen LogP) is 4.59. The molecular weight excluding hydrogens is 312 g/mol. The quantitative estimate of drug-likeness (QED) is 0.656. The molecule has 0 unspecified atom stereocenters. The van der Waals surface area contributed by atoms with Crippen molar-refractivity contribution >= 4 is 11.9 Å². The van der Waals surface area contributed by atoms with E-state index >= 15 is 0 Å². The van der Waals surface area contributed by atoms with Gasteiger partial charge < -0.3 is 4.74 Å². The van der Waals surface area contributed by atoms with Crippen molar-refractivity contribution in [1.82, 2.24) is 14.8 Å². The van der Waals surface area contributed by atoms with Gasteiger partial charge in [-0.25, -0.2) is 0 Å². The second-order valence-corrected chi connectivity index (χ2v) is 5.92. The normalized spacial score (nSPS) is 11.2. The van der Waals surface area contributed by atoms with Crippen LogP contribution in [0, 0.1) is 20.8 Å². The van der Waals surface area contributed by atoms with E-state index in [1.165, 1.54) is 0 Å². The van der Waals surface area contributed by atoms with E-state index in [9.17, 15) is 0 Å². The molecule has 128 valence electrons. The minimum Gasteiger partial charge on any atom is -0.497 e. The lowest BCUT2D eigenvalue weighted by Gasteiger charge is -2.15. The zero-order valence-electron chi connectivity index (χ0n) is 15.2. The second kappa shape index (κ2) is 6.89. The van der Waals surface area contributed by atoms with Crippen LogP contribution in [0.15, 0.2) is 41.4 Å². The summed E-state index contributed by atoms with van der Waals surface area (Å²) in [6.45, 7) is 7.99. The summed E-state index contributed by atoms with van der Waals surface area (Å²) >= 11 is 0. The zero-order chi connectivity index (χ0) is 18.0. The van der Waals surface area contributed by atoms with Crippen LogP contribution in [-0.2, 0) is 0 Å². The predicted molar refractivity (Wildman–Crippen MR) is 101 cm³/mol. The molecule has 1 aromatic heterocycles. The lowest BCUT2D eigenvalue weighted by atomic mass is 10.1. The van der Waals surface area contributed by atoms with Crippen molar-refractivity contribution in [3.05, 3.63) is 53.3 Å². The molecule has 0 aliphatic rings. The molecule has 2 aromatic carbocycles. The summed E-state index contributed by atoms with van der Waals surface area (Å²) in [5, 5.41) is 8.75. The number of hydrogen-bond acceptors (Lipinski definition) is 4. The van der Waals surface area contributed by atoms with Gasteiger partial charge in [-0.3, -0.25) is 9.56 Å². The fourth-order valence-electron chi connectivity index (χ4n) is 2.92. The number of hydrogen-bond donors (Lipinski definition) is 0. The van der Waals surface area contributed by atoms with Crippen LogP contribution in [0.2, 0.25) is 0 Å². The van der Waals surface area contributed by atoms with Gasteiger partial charge in [0.25, 0.3) is 0 Å². The number of nitrogens with zero attached hydrogens (tertiary/aromatic N) is 4. The van der Waals surface area contributed by atoms with Gasteiger partial charge in [-0.05, 0) is 57.0 Å². The molecular formula is C20H22N4O. The summed E-state index contributed by atoms with van der Waals surface area (Å²) in [5.41, 5.74) is 5.11. The van der Waals surface area contributed by atoms with E-state index in [0.29, 0.717) is 0 Å². The number of para-hydroxylation sites is 1. The maximum atomic E-state index is 5.38. The molecule has 3 rings (SSSR count). The SMILES string of the molecule is CC=Nc1c(C)cccc1-n1c(C)nnc1-c1cc(OC)ccc1C.